The summed E-state index contributed by atoms with van der Waals surface area (Å²) in [5.74, 6) is 5.03. The predicted octanol–water partition coefficient (Wildman–Crippen LogP) is 1.28. The Morgan fingerprint density at radius 1 is 1.54 bits per heavy atom. The first kappa shape index (κ1) is 9.07. The van der Waals surface area contributed by atoms with Gasteiger partial charge in [0.25, 0.3) is 5.69 Å². The van der Waals surface area contributed by atoms with Gasteiger partial charge in [0.05, 0.1) is 10.6 Å². The number of hydrogen-bond donors (Lipinski definition) is 2. The van der Waals surface area contributed by atoms with E-state index in [1.807, 2.05) is 0 Å². The van der Waals surface area contributed by atoms with Gasteiger partial charge < -0.3 is 5.43 Å². The first-order valence-corrected chi connectivity index (χ1v) is 3.27. The zero-order chi connectivity index (χ0) is 9.84. The quantitative estimate of drug-likeness (QED) is 0.316. The lowest BCUT2D eigenvalue weighted by Crippen LogP contribution is -2.06. The molecule has 0 atom stereocenters. The van der Waals surface area contributed by atoms with Gasteiger partial charge in [-0.2, -0.15) is 0 Å². The van der Waals surface area contributed by atoms with Gasteiger partial charge in [0, 0.05) is 12.1 Å². The molecule has 1 rings (SSSR count). The molecule has 0 fully saturated rings. The zero-order valence-corrected chi connectivity index (χ0v) is 6.43. The van der Waals surface area contributed by atoms with Crippen LogP contribution >= 0.6 is 0 Å². The van der Waals surface area contributed by atoms with Crippen LogP contribution in [0.1, 0.15) is 0 Å². The molecule has 0 aromatic heterocycles. The fourth-order valence-electron chi connectivity index (χ4n) is 0.831. The molecule has 0 radical (unpaired) electrons. The van der Waals surface area contributed by atoms with Crippen LogP contribution in [-0.4, -0.2) is 4.92 Å². The van der Waals surface area contributed by atoms with E-state index in [4.69, 9.17) is 5.84 Å². The minimum absolute atomic E-state index is 0.0864. The topological polar surface area (TPSA) is 111 Å². The molecule has 0 aliphatic rings. The number of non-ortho nitro benzene ring substituents is 1. The van der Waals surface area contributed by atoms with E-state index in [-0.39, 0.29) is 17.1 Å². The molecule has 7 heteroatoms. The average molecular weight is 182 g/mol. The number of nitrogen functional groups attached to an aromatic ring is 1. The van der Waals surface area contributed by atoms with Crippen molar-refractivity contribution in [3.8, 4) is 0 Å². The third-order valence-electron chi connectivity index (χ3n) is 1.45. The highest BCUT2D eigenvalue weighted by Crippen LogP contribution is 2.28. The van der Waals surface area contributed by atoms with Gasteiger partial charge in [-0.25, -0.2) is 0 Å². The molecule has 0 amide bonds. The monoisotopic (exact) mass is 182 g/mol. The van der Waals surface area contributed by atoms with Gasteiger partial charge in [-0.3, -0.25) is 16.0 Å². The Hall–Kier alpha value is -2.02. The van der Waals surface area contributed by atoms with Crippen LogP contribution < -0.4 is 11.3 Å². The van der Waals surface area contributed by atoms with Crippen molar-refractivity contribution in [2.75, 3.05) is 5.43 Å². The van der Waals surface area contributed by atoms with Gasteiger partial charge in [-0.15, -0.1) is 4.91 Å². The van der Waals surface area contributed by atoms with Gasteiger partial charge in [-0.1, -0.05) is 0 Å². The van der Waals surface area contributed by atoms with Crippen molar-refractivity contribution >= 4 is 17.1 Å². The van der Waals surface area contributed by atoms with Crippen molar-refractivity contribution < 1.29 is 4.92 Å². The maximum atomic E-state index is 10.3. The Morgan fingerprint density at radius 3 is 2.69 bits per heavy atom. The van der Waals surface area contributed by atoms with Crippen LogP contribution in [0.2, 0.25) is 0 Å². The molecule has 1 aromatic carbocycles. The van der Waals surface area contributed by atoms with Crippen molar-refractivity contribution in [3.63, 3.8) is 0 Å². The number of benzene rings is 1. The first-order valence-electron chi connectivity index (χ1n) is 3.27. The number of rotatable bonds is 3. The number of nitrogens with zero attached hydrogens (tertiary/aromatic N) is 2. The van der Waals surface area contributed by atoms with Gasteiger partial charge in [0.1, 0.15) is 5.69 Å². The summed E-state index contributed by atoms with van der Waals surface area (Å²) in [6.07, 6.45) is 0. The number of hydrazine groups is 1. The highest BCUT2D eigenvalue weighted by Gasteiger charge is 2.09. The van der Waals surface area contributed by atoms with Crippen molar-refractivity contribution in [1.82, 2.24) is 0 Å². The highest BCUT2D eigenvalue weighted by molar-refractivity contribution is 5.68. The predicted molar refractivity (Wildman–Crippen MR) is 46.4 cm³/mol. The lowest BCUT2D eigenvalue weighted by Gasteiger charge is -2.00. The molecule has 68 valence electrons. The summed E-state index contributed by atoms with van der Waals surface area (Å²) in [5.41, 5.74) is 2.16. The van der Waals surface area contributed by atoms with Crippen molar-refractivity contribution in [1.29, 1.82) is 0 Å². The van der Waals surface area contributed by atoms with Crippen LogP contribution in [0.15, 0.2) is 23.4 Å². The average Bonchev–Trinajstić information content (AvgIpc) is 2.16. The van der Waals surface area contributed by atoms with Gasteiger partial charge >= 0.3 is 0 Å². The third-order valence-corrected chi connectivity index (χ3v) is 1.45. The van der Waals surface area contributed by atoms with E-state index in [1.54, 1.807) is 0 Å². The number of nitrogens with one attached hydrogen (secondary N) is 1. The summed E-state index contributed by atoms with van der Waals surface area (Å²) in [7, 11) is 0. The van der Waals surface area contributed by atoms with E-state index in [1.165, 1.54) is 12.1 Å². The van der Waals surface area contributed by atoms with E-state index in [0.29, 0.717) is 0 Å². The minimum Gasteiger partial charge on any atom is -0.322 e. The fraction of sp³-hybridized carbons (Fsp3) is 0. The molecule has 1 aromatic rings. The Morgan fingerprint density at radius 2 is 2.23 bits per heavy atom. The summed E-state index contributed by atoms with van der Waals surface area (Å²) in [5, 5.41) is 12.9. The minimum atomic E-state index is -0.616. The fourth-order valence-corrected chi connectivity index (χ4v) is 0.831. The Bertz CT molecular complexity index is 352. The number of nitro benzene ring substituents is 1. The van der Waals surface area contributed by atoms with E-state index < -0.39 is 4.92 Å². The lowest BCUT2D eigenvalue weighted by atomic mass is 10.2. The summed E-state index contributed by atoms with van der Waals surface area (Å²) in [6, 6.07) is 3.58. The van der Waals surface area contributed by atoms with Crippen molar-refractivity contribution in [2.24, 2.45) is 11.0 Å². The van der Waals surface area contributed by atoms with E-state index in [2.05, 4.69) is 10.6 Å². The van der Waals surface area contributed by atoms with Crippen molar-refractivity contribution in [3.05, 3.63) is 33.2 Å². The van der Waals surface area contributed by atoms with E-state index in [9.17, 15) is 15.0 Å². The molecule has 0 spiro atoms. The normalized spacial score (nSPS) is 9.31. The first-order chi connectivity index (χ1) is 6.19. The summed E-state index contributed by atoms with van der Waals surface area (Å²) in [4.78, 5) is 19.9. The van der Waals surface area contributed by atoms with Crippen LogP contribution in [0.4, 0.5) is 17.1 Å². The molecular weight excluding hydrogens is 176 g/mol. The number of nitro groups is 1. The maximum Gasteiger partial charge on any atom is 0.271 e. The number of nitrogens with two attached hydrogens (primary N) is 1. The SMILES string of the molecule is NNc1ccc([N+](=O)[O-])cc1N=O. The van der Waals surface area contributed by atoms with Crippen LogP contribution in [0, 0.1) is 15.0 Å². The molecule has 0 saturated carbocycles. The van der Waals surface area contributed by atoms with Crippen LogP contribution in [0.5, 0.6) is 0 Å². The van der Waals surface area contributed by atoms with E-state index >= 15 is 0 Å². The number of anilines is 1. The van der Waals surface area contributed by atoms with Crippen LogP contribution in [0.3, 0.4) is 0 Å². The molecule has 13 heavy (non-hydrogen) atoms. The standard InChI is InChI=1S/C6H6N4O3/c7-8-5-2-1-4(10(12)13)3-6(5)9-11/h1-3,8H,7H2. The molecule has 3 N–H and O–H groups in total. The zero-order valence-electron chi connectivity index (χ0n) is 6.43. The van der Waals surface area contributed by atoms with Crippen LogP contribution in [-0.2, 0) is 0 Å². The van der Waals surface area contributed by atoms with Gasteiger partial charge in [0.15, 0.2) is 0 Å². The molecular formula is C6H6N4O3. The maximum absolute atomic E-state index is 10.3. The number of hydrogen-bond acceptors (Lipinski definition) is 6. The second-order valence-corrected chi connectivity index (χ2v) is 2.19. The van der Waals surface area contributed by atoms with Crippen molar-refractivity contribution in [2.45, 2.75) is 0 Å². The summed E-state index contributed by atoms with van der Waals surface area (Å²) < 4.78 is 0. The molecule has 0 aliphatic carbocycles. The Balaban J connectivity index is 3.20. The van der Waals surface area contributed by atoms with Gasteiger partial charge in [0.2, 0.25) is 0 Å². The summed E-state index contributed by atoms with van der Waals surface area (Å²) >= 11 is 0. The largest absolute Gasteiger partial charge is 0.322 e. The summed E-state index contributed by atoms with van der Waals surface area (Å²) in [6.45, 7) is 0. The molecule has 0 bridgehead atoms. The smallest absolute Gasteiger partial charge is 0.271 e. The second kappa shape index (κ2) is 3.59. The molecule has 0 aliphatic heterocycles. The third kappa shape index (κ3) is 1.76. The second-order valence-electron chi connectivity index (χ2n) is 2.19. The molecule has 0 saturated heterocycles. The highest BCUT2D eigenvalue weighted by atomic mass is 16.6. The van der Waals surface area contributed by atoms with Gasteiger partial charge in [-0.05, 0) is 11.2 Å². The number of nitroso groups, excluding NO2 is 1. The van der Waals surface area contributed by atoms with E-state index in [0.717, 1.165) is 6.07 Å². The molecule has 7 nitrogen and oxygen atoms in total. The Kier molecular flexibility index (Phi) is 2.50. The lowest BCUT2D eigenvalue weighted by molar-refractivity contribution is -0.384. The molecule has 0 unspecified atom stereocenters. The Labute approximate surface area is 72.6 Å². The molecule has 0 heterocycles. The van der Waals surface area contributed by atoms with Crippen LogP contribution in [0.25, 0.3) is 0 Å².